The summed E-state index contributed by atoms with van der Waals surface area (Å²) in [5.74, 6) is 1.77. The van der Waals surface area contributed by atoms with Gasteiger partial charge in [0.15, 0.2) is 0 Å². The molecule has 0 N–H and O–H groups in total. The molecule has 1 aromatic carbocycles. The molecule has 1 aliphatic carbocycles. The molecular weight excluding hydrogens is 308 g/mol. The van der Waals surface area contributed by atoms with Crippen LogP contribution in [0.25, 0.3) is 0 Å². The zero-order valence-corrected chi connectivity index (χ0v) is 15.8. The van der Waals surface area contributed by atoms with Gasteiger partial charge in [-0.1, -0.05) is 37.3 Å². The Bertz CT molecular complexity index is 616. The van der Waals surface area contributed by atoms with E-state index in [0.717, 1.165) is 25.9 Å². The molecule has 3 fully saturated rings. The van der Waals surface area contributed by atoms with Crippen molar-refractivity contribution in [3.63, 3.8) is 0 Å². The zero-order valence-electron chi connectivity index (χ0n) is 15.8. The third-order valence-electron chi connectivity index (χ3n) is 7.38. The summed E-state index contributed by atoms with van der Waals surface area (Å²) in [7, 11) is 2.29. The molecule has 2 saturated heterocycles. The van der Waals surface area contributed by atoms with Crippen molar-refractivity contribution in [2.75, 3.05) is 13.6 Å². The van der Waals surface area contributed by atoms with Crippen molar-refractivity contribution in [3.05, 3.63) is 35.9 Å². The van der Waals surface area contributed by atoms with Gasteiger partial charge in [-0.05, 0) is 63.0 Å². The molecule has 1 saturated carbocycles. The maximum absolute atomic E-state index is 12.6. The Kier molecular flexibility index (Phi) is 4.61. The fourth-order valence-electron chi connectivity index (χ4n) is 6.27. The molecule has 3 heteroatoms. The quantitative estimate of drug-likeness (QED) is 0.828. The summed E-state index contributed by atoms with van der Waals surface area (Å²) in [5.41, 5.74) is 1.59. The van der Waals surface area contributed by atoms with Crippen LogP contribution >= 0.6 is 0 Å². The number of hydrogen-bond acceptors (Lipinski definition) is 2. The SMILES string of the molecule is C[C@H]1[C@@H](N(C)Cc2ccccc2)CC[C@@]23CCCN2C(=O)CCC[C@@H]13. The maximum Gasteiger partial charge on any atom is 0.223 e. The van der Waals surface area contributed by atoms with Crippen LogP contribution in [0.5, 0.6) is 0 Å². The fraction of sp³-hybridized carbons (Fsp3) is 0.682. The average molecular weight is 341 g/mol. The van der Waals surface area contributed by atoms with Crippen molar-refractivity contribution in [2.45, 2.75) is 70.0 Å². The Morgan fingerprint density at radius 3 is 2.76 bits per heavy atom. The van der Waals surface area contributed by atoms with Crippen LogP contribution < -0.4 is 0 Å². The van der Waals surface area contributed by atoms with Gasteiger partial charge in [0, 0.05) is 31.1 Å². The highest BCUT2D eigenvalue weighted by Crippen LogP contribution is 2.52. The number of amides is 1. The summed E-state index contributed by atoms with van der Waals surface area (Å²) in [6.07, 6.45) is 7.97. The topological polar surface area (TPSA) is 23.6 Å². The van der Waals surface area contributed by atoms with Crippen molar-refractivity contribution in [1.29, 1.82) is 0 Å². The predicted molar refractivity (Wildman–Crippen MR) is 101 cm³/mol. The standard InChI is InChI=1S/C22H32N2O/c1-17-19-10-6-11-21(25)24-15-7-13-22(19,24)14-12-20(17)23(2)16-18-8-4-3-5-9-18/h3-5,8-9,17,19-20H,6-7,10-16H2,1-2H3/t17-,19+,20+,22-/m1/s1. The normalized spacial score (nSPS) is 35.4. The van der Waals surface area contributed by atoms with Crippen molar-refractivity contribution < 1.29 is 4.79 Å². The van der Waals surface area contributed by atoms with Gasteiger partial charge in [-0.15, -0.1) is 0 Å². The van der Waals surface area contributed by atoms with E-state index in [4.69, 9.17) is 0 Å². The summed E-state index contributed by atoms with van der Waals surface area (Å²) in [6, 6.07) is 11.5. The number of benzene rings is 1. The van der Waals surface area contributed by atoms with Crippen LogP contribution in [0, 0.1) is 11.8 Å². The molecule has 0 aromatic heterocycles. The lowest BCUT2D eigenvalue weighted by Crippen LogP contribution is -2.59. The first-order chi connectivity index (χ1) is 12.1. The van der Waals surface area contributed by atoms with E-state index in [9.17, 15) is 4.79 Å². The van der Waals surface area contributed by atoms with E-state index < -0.39 is 0 Å². The lowest BCUT2D eigenvalue weighted by molar-refractivity contribution is -0.139. The number of rotatable bonds is 3. The molecule has 2 aliphatic heterocycles. The van der Waals surface area contributed by atoms with Crippen molar-refractivity contribution >= 4 is 5.91 Å². The van der Waals surface area contributed by atoms with Crippen LogP contribution in [0.1, 0.15) is 57.4 Å². The van der Waals surface area contributed by atoms with E-state index >= 15 is 0 Å². The minimum Gasteiger partial charge on any atom is -0.337 e. The molecule has 0 radical (unpaired) electrons. The Balaban J connectivity index is 1.54. The Hall–Kier alpha value is -1.35. The number of nitrogens with zero attached hydrogens (tertiary/aromatic N) is 2. The highest BCUT2D eigenvalue weighted by molar-refractivity contribution is 5.78. The van der Waals surface area contributed by atoms with E-state index in [1.165, 1.54) is 37.7 Å². The van der Waals surface area contributed by atoms with Gasteiger partial charge in [-0.3, -0.25) is 9.69 Å². The molecule has 25 heavy (non-hydrogen) atoms. The Morgan fingerprint density at radius 1 is 1.16 bits per heavy atom. The van der Waals surface area contributed by atoms with Crippen LogP contribution in [-0.2, 0) is 11.3 Å². The van der Waals surface area contributed by atoms with Crippen molar-refractivity contribution in [1.82, 2.24) is 9.80 Å². The first-order valence-corrected chi connectivity index (χ1v) is 10.2. The molecule has 3 aliphatic rings. The molecule has 136 valence electrons. The zero-order chi connectivity index (χ0) is 17.4. The summed E-state index contributed by atoms with van der Waals surface area (Å²) < 4.78 is 0. The third kappa shape index (κ3) is 2.91. The predicted octanol–water partition coefficient (Wildman–Crippen LogP) is 4.08. The highest BCUT2D eigenvalue weighted by atomic mass is 16.2. The second-order valence-electron chi connectivity index (χ2n) is 8.62. The first-order valence-electron chi connectivity index (χ1n) is 10.2. The molecular formula is C22H32N2O. The van der Waals surface area contributed by atoms with Crippen molar-refractivity contribution in [3.8, 4) is 0 Å². The lowest BCUT2D eigenvalue weighted by Gasteiger charge is -2.53. The molecule has 1 aromatic rings. The third-order valence-corrected chi connectivity index (χ3v) is 7.38. The maximum atomic E-state index is 12.6. The molecule has 4 rings (SSSR count). The Morgan fingerprint density at radius 2 is 1.96 bits per heavy atom. The van der Waals surface area contributed by atoms with Gasteiger partial charge in [0.05, 0.1) is 0 Å². The van der Waals surface area contributed by atoms with Crippen LogP contribution in [0.3, 0.4) is 0 Å². The molecule has 2 heterocycles. The second-order valence-corrected chi connectivity index (χ2v) is 8.62. The van der Waals surface area contributed by atoms with Crippen LogP contribution in [0.4, 0.5) is 0 Å². The van der Waals surface area contributed by atoms with Gasteiger partial charge in [-0.2, -0.15) is 0 Å². The minimum absolute atomic E-state index is 0.192. The Labute approximate surface area is 152 Å². The summed E-state index contributed by atoms with van der Waals surface area (Å²) in [5, 5.41) is 0. The second kappa shape index (κ2) is 6.75. The molecule has 4 atom stereocenters. The smallest absolute Gasteiger partial charge is 0.223 e. The molecule has 0 unspecified atom stereocenters. The molecule has 1 spiro atoms. The van der Waals surface area contributed by atoms with Gasteiger partial charge >= 0.3 is 0 Å². The van der Waals surface area contributed by atoms with E-state index in [-0.39, 0.29) is 5.54 Å². The average Bonchev–Trinajstić information content (AvgIpc) is 2.97. The number of hydrogen-bond donors (Lipinski definition) is 0. The van der Waals surface area contributed by atoms with Crippen LogP contribution in [0.15, 0.2) is 30.3 Å². The summed E-state index contributed by atoms with van der Waals surface area (Å²) in [6.45, 7) is 4.49. The van der Waals surface area contributed by atoms with Crippen molar-refractivity contribution in [2.24, 2.45) is 11.8 Å². The summed E-state index contributed by atoms with van der Waals surface area (Å²) >= 11 is 0. The van der Waals surface area contributed by atoms with Gasteiger partial charge in [0.1, 0.15) is 0 Å². The van der Waals surface area contributed by atoms with Gasteiger partial charge in [-0.25, -0.2) is 0 Å². The van der Waals surface area contributed by atoms with E-state index in [1.807, 2.05) is 0 Å². The van der Waals surface area contributed by atoms with Gasteiger partial charge < -0.3 is 4.90 Å². The minimum atomic E-state index is 0.192. The lowest BCUT2D eigenvalue weighted by atomic mass is 9.62. The van der Waals surface area contributed by atoms with E-state index in [0.29, 0.717) is 23.8 Å². The molecule has 3 nitrogen and oxygen atoms in total. The van der Waals surface area contributed by atoms with E-state index in [1.54, 1.807) is 0 Å². The first kappa shape index (κ1) is 17.1. The van der Waals surface area contributed by atoms with Crippen LogP contribution in [0.2, 0.25) is 0 Å². The van der Waals surface area contributed by atoms with Crippen LogP contribution in [-0.4, -0.2) is 40.9 Å². The van der Waals surface area contributed by atoms with Gasteiger partial charge in [0.25, 0.3) is 0 Å². The highest BCUT2D eigenvalue weighted by Gasteiger charge is 2.55. The number of carbonyl (C=O) groups is 1. The van der Waals surface area contributed by atoms with E-state index in [2.05, 4.69) is 54.1 Å². The summed E-state index contributed by atoms with van der Waals surface area (Å²) in [4.78, 5) is 17.5. The molecule has 1 amide bonds. The fourth-order valence-corrected chi connectivity index (χ4v) is 6.27. The van der Waals surface area contributed by atoms with Gasteiger partial charge in [0.2, 0.25) is 5.91 Å². The monoisotopic (exact) mass is 340 g/mol. The molecule has 0 bridgehead atoms. The number of carbonyl (C=O) groups excluding carboxylic acids is 1. The largest absolute Gasteiger partial charge is 0.337 e.